The van der Waals surface area contributed by atoms with Crippen molar-refractivity contribution in [3.8, 4) is 0 Å². The lowest BCUT2D eigenvalue weighted by atomic mass is 9.92. The molecule has 2 atom stereocenters. The van der Waals surface area contributed by atoms with Crippen LogP contribution in [-0.4, -0.2) is 65.1 Å². The number of nitrogens with zero attached hydrogens (tertiary/aromatic N) is 4. The van der Waals surface area contributed by atoms with E-state index in [1.807, 2.05) is 0 Å². The number of carbonyl (C=O) groups is 3. The van der Waals surface area contributed by atoms with Crippen LogP contribution in [0.25, 0.3) is 0 Å². The molecule has 12 heteroatoms. The van der Waals surface area contributed by atoms with E-state index >= 15 is 4.39 Å². The molecule has 1 aliphatic rings. The molecule has 1 heterocycles. The number of quaternary nitrogens is 1. The van der Waals surface area contributed by atoms with Gasteiger partial charge in [0.05, 0.1) is 26.6 Å². The van der Waals surface area contributed by atoms with Crippen molar-refractivity contribution in [2.45, 2.75) is 58.4 Å². The lowest BCUT2D eigenvalue weighted by Crippen LogP contribution is -2.55. The Balaban J connectivity index is 2.24. The van der Waals surface area contributed by atoms with Gasteiger partial charge < -0.3 is 5.73 Å². The number of carbonyl (C=O) groups excluding carboxylic acids is 3. The standard InChI is InChI=1S/C21H34FN7O4/c1-5-16-24-19(17(22)20(25-16)29(3,4)13(2)18(23)31)26-27-21(32)15(11-28(33)12-30)10-14-8-6-7-9-14/h12-15,33H,5-11H2,1-4H3,(H3-,23,24,25,26,27,31,32)/p+1/t13-,15-/m1/s1. The van der Waals surface area contributed by atoms with Crippen LogP contribution in [0.3, 0.4) is 0 Å². The highest BCUT2D eigenvalue weighted by atomic mass is 19.1. The van der Waals surface area contributed by atoms with E-state index < -0.39 is 29.6 Å². The van der Waals surface area contributed by atoms with Gasteiger partial charge in [0, 0.05) is 6.42 Å². The van der Waals surface area contributed by atoms with Gasteiger partial charge in [-0.05, 0) is 19.3 Å². The molecular weight excluding hydrogens is 433 g/mol. The van der Waals surface area contributed by atoms with Crippen molar-refractivity contribution in [3.63, 3.8) is 0 Å². The zero-order chi connectivity index (χ0) is 24.8. The van der Waals surface area contributed by atoms with E-state index in [0.717, 1.165) is 25.7 Å². The zero-order valence-corrected chi connectivity index (χ0v) is 19.7. The molecular formula is C21H35FN7O4+. The fourth-order valence-corrected chi connectivity index (χ4v) is 4.01. The topological polar surface area (TPSA) is 151 Å². The number of hydrogen-bond acceptors (Lipinski definition) is 7. The van der Waals surface area contributed by atoms with E-state index in [0.29, 0.717) is 29.6 Å². The molecule has 184 valence electrons. The number of primary amides is 1. The molecule has 11 nitrogen and oxygen atoms in total. The third kappa shape index (κ3) is 6.57. The summed E-state index contributed by atoms with van der Waals surface area (Å²) in [6, 6.07) is -0.767. The average Bonchev–Trinajstić information content (AvgIpc) is 3.29. The van der Waals surface area contributed by atoms with Gasteiger partial charge in [0.15, 0.2) is 11.9 Å². The van der Waals surface area contributed by atoms with Crippen molar-refractivity contribution in [2.24, 2.45) is 17.6 Å². The molecule has 1 aromatic heterocycles. The number of hydrogen-bond donors (Lipinski definition) is 4. The highest BCUT2D eigenvalue weighted by Gasteiger charge is 2.37. The third-order valence-corrected chi connectivity index (χ3v) is 6.42. The number of anilines is 1. The van der Waals surface area contributed by atoms with Crippen LogP contribution in [-0.2, 0) is 20.8 Å². The van der Waals surface area contributed by atoms with Gasteiger partial charge in [0.2, 0.25) is 18.1 Å². The molecule has 0 bridgehead atoms. The third-order valence-electron chi connectivity index (χ3n) is 6.42. The molecule has 3 amide bonds. The molecule has 0 spiro atoms. The average molecular weight is 469 g/mol. The van der Waals surface area contributed by atoms with Crippen molar-refractivity contribution in [3.05, 3.63) is 11.6 Å². The van der Waals surface area contributed by atoms with E-state index in [1.54, 1.807) is 27.9 Å². The number of hydrazine groups is 1. The van der Waals surface area contributed by atoms with Gasteiger partial charge in [-0.25, -0.2) is 10.0 Å². The van der Waals surface area contributed by atoms with Crippen molar-refractivity contribution in [1.29, 1.82) is 0 Å². The van der Waals surface area contributed by atoms with Crippen molar-refractivity contribution < 1.29 is 24.0 Å². The first-order chi connectivity index (χ1) is 15.5. The smallest absolute Gasteiger partial charge is 0.275 e. The quantitative estimate of drug-likeness (QED) is 0.155. The lowest BCUT2D eigenvalue weighted by Gasteiger charge is -2.33. The number of aryl methyl sites for hydroxylation is 1. The Hall–Kier alpha value is -2.86. The largest absolute Gasteiger partial charge is 0.365 e. The number of aromatic nitrogens is 2. The predicted octanol–water partition coefficient (Wildman–Crippen LogP) is 1.11. The van der Waals surface area contributed by atoms with E-state index in [9.17, 15) is 19.6 Å². The molecule has 0 aromatic carbocycles. The Morgan fingerprint density at radius 2 is 1.97 bits per heavy atom. The maximum atomic E-state index is 15.4. The van der Waals surface area contributed by atoms with E-state index in [4.69, 9.17) is 5.73 Å². The second-order valence-electron chi connectivity index (χ2n) is 9.02. The molecule has 1 saturated carbocycles. The summed E-state index contributed by atoms with van der Waals surface area (Å²) in [7, 11) is 3.21. The Bertz CT molecular complexity index is 861. The number of rotatable bonds is 12. The zero-order valence-electron chi connectivity index (χ0n) is 19.7. The number of amides is 3. The van der Waals surface area contributed by atoms with Crippen LogP contribution in [0.4, 0.5) is 16.0 Å². The molecule has 1 aromatic rings. The minimum absolute atomic E-state index is 0.0464. The minimum atomic E-state index is -0.824. The monoisotopic (exact) mass is 468 g/mol. The Morgan fingerprint density at radius 1 is 1.33 bits per heavy atom. The highest BCUT2D eigenvalue weighted by molar-refractivity contribution is 5.82. The van der Waals surface area contributed by atoms with Crippen LogP contribution in [0.1, 0.15) is 51.8 Å². The summed E-state index contributed by atoms with van der Waals surface area (Å²) in [5, 5.41) is 10.0. The fraction of sp³-hybridized carbons (Fsp3) is 0.667. The fourth-order valence-electron chi connectivity index (χ4n) is 4.01. The molecule has 5 N–H and O–H groups in total. The Labute approximate surface area is 193 Å². The van der Waals surface area contributed by atoms with Crippen LogP contribution in [0.2, 0.25) is 0 Å². The van der Waals surface area contributed by atoms with Gasteiger partial charge in [-0.2, -0.15) is 9.37 Å². The van der Waals surface area contributed by atoms with E-state index in [1.165, 1.54) is 0 Å². The summed E-state index contributed by atoms with van der Waals surface area (Å²) in [5.74, 6) is -2.28. The van der Waals surface area contributed by atoms with Gasteiger partial charge in [-0.1, -0.05) is 32.6 Å². The number of nitrogens with one attached hydrogen (secondary N) is 2. The Kier molecular flexibility index (Phi) is 9.06. The maximum absolute atomic E-state index is 15.4. The van der Waals surface area contributed by atoms with Crippen LogP contribution >= 0.6 is 0 Å². The SMILES string of the molecule is CCc1nc(NNC(=O)[C@H](CC2CCCC2)CN(O)C=O)c(F)c([N+](C)(C)[C@H](C)C(N)=O)n1. The van der Waals surface area contributed by atoms with Crippen LogP contribution in [0.5, 0.6) is 0 Å². The number of likely N-dealkylation sites (N-methyl/N-ethyl adjacent to an activating group) is 1. The first-order valence-corrected chi connectivity index (χ1v) is 11.2. The first-order valence-electron chi connectivity index (χ1n) is 11.2. The van der Waals surface area contributed by atoms with Crippen molar-refractivity contribution in [1.82, 2.24) is 24.9 Å². The summed E-state index contributed by atoms with van der Waals surface area (Å²) in [6.45, 7) is 3.20. The second kappa shape index (κ2) is 11.3. The summed E-state index contributed by atoms with van der Waals surface area (Å²) in [4.78, 5) is 43.8. The van der Waals surface area contributed by atoms with E-state index in [2.05, 4.69) is 20.8 Å². The summed E-state index contributed by atoms with van der Waals surface area (Å²) in [5.41, 5.74) is 10.4. The molecule has 0 radical (unpaired) electrons. The summed E-state index contributed by atoms with van der Waals surface area (Å²) in [6.07, 6.45) is 5.27. The maximum Gasteiger partial charge on any atom is 0.275 e. The number of nitrogens with two attached hydrogens (primary N) is 1. The molecule has 33 heavy (non-hydrogen) atoms. The summed E-state index contributed by atoms with van der Waals surface area (Å²) < 4.78 is 15.1. The molecule has 0 unspecified atom stereocenters. The molecule has 1 aliphatic carbocycles. The molecule has 2 rings (SSSR count). The van der Waals surface area contributed by atoms with Gasteiger partial charge in [0.1, 0.15) is 5.82 Å². The van der Waals surface area contributed by atoms with Crippen LogP contribution in [0.15, 0.2) is 0 Å². The minimum Gasteiger partial charge on any atom is -0.365 e. The lowest BCUT2D eigenvalue weighted by molar-refractivity contribution is -0.154. The highest BCUT2D eigenvalue weighted by Crippen LogP contribution is 2.31. The number of halogens is 1. The molecule has 0 saturated heterocycles. The van der Waals surface area contributed by atoms with Gasteiger partial charge in [-0.3, -0.25) is 34.9 Å². The van der Waals surface area contributed by atoms with Gasteiger partial charge >= 0.3 is 0 Å². The van der Waals surface area contributed by atoms with Gasteiger partial charge in [-0.15, -0.1) is 0 Å². The second-order valence-corrected chi connectivity index (χ2v) is 9.02. The van der Waals surface area contributed by atoms with Crippen LogP contribution < -0.4 is 21.1 Å². The normalized spacial score (nSPS) is 16.2. The van der Waals surface area contributed by atoms with Crippen LogP contribution in [0, 0.1) is 17.7 Å². The number of hydroxylamine groups is 2. The van der Waals surface area contributed by atoms with Gasteiger partial charge in [0.25, 0.3) is 11.7 Å². The molecule has 1 fully saturated rings. The first kappa shape index (κ1) is 26.4. The van der Waals surface area contributed by atoms with Crippen molar-refractivity contribution >= 4 is 29.9 Å². The summed E-state index contributed by atoms with van der Waals surface area (Å²) >= 11 is 0. The molecule has 0 aliphatic heterocycles. The Morgan fingerprint density at radius 3 is 2.52 bits per heavy atom. The predicted molar refractivity (Wildman–Crippen MR) is 120 cm³/mol. The van der Waals surface area contributed by atoms with Crippen molar-refractivity contribution in [2.75, 3.05) is 26.1 Å². The van der Waals surface area contributed by atoms with E-state index in [-0.39, 0.29) is 29.1 Å².